The minimum Gasteiger partial charge on any atom is -0.461 e. The Hall–Kier alpha value is -2.71. The molecule has 0 atom stereocenters. The van der Waals surface area contributed by atoms with Crippen LogP contribution in [0.5, 0.6) is 0 Å². The lowest BCUT2D eigenvalue weighted by atomic mass is 10.2. The molecule has 0 N–H and O–H groups in total. The van der Waals surface area contributed by atoms with Crippen LogP contribution in [0.4, 0.5) is 5.82 Å². The van der Waals surface area contributed by atoms with Crippen LogP contribution in [-0.4, -0.2) is 66.1 Å². The molecule has 1 aromatic carbocycles. The zero-order valence-corrected chi connectivity index (χ0v) is 17.0. The van der Waals surface area contributed by atoms with Crippen molar-refractivity contribution in [2.45, 2.75) is 13.5 Å². The van der Waals surface area contributed by atoms with E-state index in [0.717, 1.165) is 5.56 Å². The van der Waals surface area contributed by atoms with Crippen molar-refractivity contribution in [3.63, 3.8) is 0 Å². The summed E-state index contributed by atoms with van der Waals surface area (Å²) in [6.07, 6.45) is 0. The Morgan fingerprint density at radius 1 is 1.07 bits per heavy atom. The van der Waals surface area contributed by atoms with Gasteiger partial charge in [-0.25, -0.2) is 14.8 Å². The summed E-state index contributed by atoms with van der Waals surface area (Å²) in [6.45, 7) is 5.10. The molecule has 1 aliphatic heterocycles. The van der Waals surface area contributed by atoms with Gasteiger partial charge < -0.3 is 14.4 Å². The second kappa shape index (κ2) is 10.2. The Morgan fingerprint density at radius 3 is 2.48 bits per heavy atom. The lowest BCUT2D eigenvalue weighted by Gasteiger charge is -2.34. The van der Waals surface area contributed by atoms with Gasteiger partial charge in [0.05, 0.1) is 13.2 Å². The predicted octanol–water partition coefficient (Wildman–Crippen LogP) is 2.17. The second-order valence-corrected chi connectivity index (χ2v) is 6.85. The van der Waals surface area contributed by atoms with Crippen LogP contribution in [0.3, 0.4) is 0 Å². The van der Waals surface area contributed by atoms with Crippen molar-refractivity contribution in [3.8, 4) is 0 Å². The summed E-state index contributed by atoms with van der Waals surface area (Å²) in [5.41, 5.74) is 1.09. The zero-order valence-electron chi connectivity index (χ0n) is 16.2. The molecule has 2 aromatic rings. The van der Waals surface area contributed by atoms with Gasteiger partial charge in [0, 0.05) is 32.2 Å². The number of ether oxygens (including phenoxy) is 2. The number of hydrogen-bond acceptors (Lipinski definition) is 8. The maximum Gasteiger partial charge on any atom is 0.357 e. The number of aromatic nitrogens is 2. The van der Waals surface area contributed by atoms with Crippen LogP contribution in [0.2, 0.25) is 5.28 Å². The molecule has 0 saturated carbocycles. The van der Waals surface area contributed by atoms with E-state index >= 15 is 0 Å². The van der Waals surface area contributed by atoms with Crippen LogP contribution in [-0.2, 0) is 20.9 Å². The molecule has 8 nitrogen and oxygen atoms in total. The number of carbonyl (C=O) groups excluding carboxylic acids is 2. The van der Waals surface area contributed by atoms with Gasteiger partial charge in [0.1, 0.15) is 12.4 Å². The highest BCUT2D eigenvalue weighted by atomic mass is 35.5. The molecule has 1 aromatic heterocycles. The highest BCUT2D eigenvalue weighted by molar-refractivity contribution is 6.28. The molecule has 1 aliphatic rings. The first-order valence-electron chi connectivity index (χ1n) is 9.43. The van der Waals surface area contributed by atoms with E-state index in [0.29, 0.717) is 32.0 Å². The summed E-state index contributed by atoms with van der Waals surface area (Å²) in [5, 5.41) is -0.00234. The van der Waals surface area contributed by atoms with Gasteiger partial charge >= 0.3 is 11.9 Å². The molecule has 154 valence electrons. The highest BCUT2D eigenvalue weighted by Crippen LogP contribution is 2.18. The van der Waals surface area contributed by atoms with Crippen LogP contribution >= 0.6 is 11.6 Å². The van der Waals surface area contributed by atoms with Gasteiger partial charge in [0.25, 0.3) is 0 Å². The summed E-state index contributed by atoms with van der Waals surface area (Å²) in [6, 6.07) is 11.2. The number of esters is 2. The molecule has 1 saturated heterocycles. The summed E-state index contributed by atoms with van der Waals surface area (Å²) in [7, 11) is 0. The Kier molecular flexibility index (Phi) is 7.37. The van der Waals surface area contributed by atoms with E-state index in [1.165, 1.54) is 0 Å². The Balaban J connectivity index is 1.50. The van der Waals surface area contributed by atoms with Crippen molar-refractivity contribution in [2.75, 3.05) is 44.2 Å². The number of carbonyl (C=O) groups is 2. The monoisotopic (exact) mass is 418 g/mol. The number of piperazine rings is 1. The molecule has 1 fully saturated rings. The highest BCUT2D eigenvalue weighted by Gasteiger charge is 2.22. The number of nitrogens with zero attached hydrogens (tertiary/aromatic N) is 4. The third-order valence-electron chi connectivity index (χ3n) is 4.46. The van der Waals surface area contributed by atoms with Crippen molar-refractivity contribution < 1.29 is 19.1 Å². The van der Waals surface area contributed by atoms with E-state index in [1.54, 1.807) is 13.0 Å². The molecule has 0 amide bonds. The van der Waals surface area contributed by atoms with Gasteiger partial charge in [-0.1, -0.05) is 30.3 Å². The topological polar surface area (TPSA) is 84.9 Å². The Morgan fingerprint density at radius 2 is 1.79 bits per heavy atom. The summed E-state index contributed by atoms with van der Waals surface area (Å²) in [4.78, 5) is 36.2. The standard InChI is InChI=1S/C20H23ClN4O4/c1-2-28-19(27)16-12-17(23-20(21)22-16)25-10-8-24(9-11-25)13-18(26)29-14-15-6-4-3-5-7-15/h3-7,12H,2,8-11,13-14H2,1H3. The molecule has 0 radical (unpaired) electrons. The van der Waals surface area contributed by atoms with E-state index in [-0.39, 0.29) is 36.7 Å². The van der Waals surface area contributed by atoms with E-state index in [9.17, 15) is 9.59 Å². The quantitative estimate of drug-likeness (QED) is 0.499. The fraction of sp³-hybridized carbons (Fsp3) is 0.400. The van der Waals surface area contributed by atoms with Crippen LogP contribution in [0, 0.1) is 0 Å². The largest absolute Gasteiger partial charge is 0.461 e. The van der Waals surface area contributed by atoms with Gasteiger partial charge in [-0.15, -0.1) is 0 Å². The molecule has 0 bridgehead atoms. The third kappa shape index (κ3) is 6.13. The van der Waals surface area contributed by atoms with Crippen molar-refractivity contribution in [2.24, 2.45) is 0 Å². The first-order valence-corrected chi connectivity index (χ1v) is 9.81. The van der Waals surface area contributed by atoms with Crippen LogP contribution in [0.25, 0.3) is 0 Å². The zero-order chi connectivity index (χ0) is 20.6. The first-order chi connectivity index (χ1) is 14.0. The van der Waals surface area contributed by atoms with E-state index in [2.05, 4.69) is 9.97 Å². The van der Waals surface area contributed by atoms with Crippen molar-refractivity contribution in [1.82, 2.24) is 14.9 Å². The molecule has 29 heavy (non-hydrogen) atoms. The molecule has 2 heterocycles. The lowest BCUT2D eigenvalue weighted by Crippen LogP contribution is -2.48. The number of benzene rings is 1. The van der Waals surface area contributed by atoms with Gasteiger partial charge in [0.2, 0.25) is 5.28 Å². The number of hydrogen-bond donors (Lipinski definition) is 0. The fourth-order valence-electron chi connectivity index (χ4n) is 2.98. The van der Waals surface area contributed by atoms with Gasteiger partial charge in [-0.05, 0) is 24.1 Å². The van der Waals surface area contributed by atoms with Crippen LogP contribution in [0.15, 0.2) is 36.4 Å². The molecule has 3 rings (SSSR count). The smallest absolute Gasteiger partial charge is 0.357 e. The van der Waals surface area contributed by atoms with Gasteiger partial charge in [-0.2, -0.15) is 0 Å². The number of halogens is 1. The fourth-order valence-corrected chi connectivity index (χ4v) is 3.16. The Labute approximate surface area is 174 Å². The Bertz CT molecular complexity index is 842. The molecule has 0 unspecified atom stereocenters. The van der Waals surface area contributed by atoms with E-state index in [1.807, 2.05) is 40.1 Å². The lowest BCUT2D eigenvalue weighted by molar-refractivity contribution is -0.146. The predicted molar refractivity (Wildman–Crippen MR) is 108 cm³/mol. The van der Waals surface area contributed by atoms with Crippen LogP contribution in [0.1, 0.15) is 23.0 Å². The van der Waals surface area contributed by atoms with Gasteiger partial charge in [0.15, 0.2) is 5.69 Å². The van der Waals surface area contributed by atoms with Crippen molar-refractivity contribution in [3.05, 3.63) is 52.9 Å². The molecular formula is C20H23ClN4O4. The average molecular weight is 419 g/mol. The maximum atomic E-state index is 12.1. The van der Waals surface area contributed by atoms with Crippen molar-refractivity contribution >= 4 is 29.4 Å². The van der Waals surface area contributed by atoms with Crippen LogP contribution < -0.4 is 4.90 Å². The molecular weight excluding hydrogens is 396 g/mol. The molecule has 9 heteroatoms. The first kappa shape index (κ1) is 21.0. The minimum atomic E-state index is -0.530. The third-order valence-corrected chi connectivity index (χ3v) is 4.63. The maximum absolute atomic E-state index is 12.1. The second-order valence-electron chi connectivity index (χ2n) is 6.51. The summed E-state index contributed by atoms with van der Waals surface area (Å²) >= 11 is 5.97. The van der Waals surface area contributed by atoms with E-state index in [4.69, 9.17) is 21.1 Å². The molecule has 0 aliphatic carbocycles. The SMILES string of the molecule is CCOC(=O)c1cc(N2CCN(CC(=O)OCc3ccccc3)CC2)nc(Cl)n1. The average Bonchev–Trinajstić information content (AvgIpc) is 2.73. The van der Waals surface area contributed by atoms with Crippen molar-refractivity contribution in [1.29, 1.82) is 0 Å². The number of anilines is 1. The normalized spacial score (nSPS) is 14.5. The number of rotatable bonds is 7. The minimum absolute atomic E-state index is 0.00234. The van der Waals surface area contributed by atoms with Gasteiger partial charge in [-0.3, -0.25) is 9.69 Å². The summed E-state index contributed by atoms with van der Waals surface area (Å²) in [5.74, 6) is -0.214. The molecule has 0 spiro atoms. The van der Waals surface area contributed by atoms with E-state index < -0.39 is 5.97 Å². The summed E-state index contributed by atoms with van der Waals surface area (Å²) < 4.78 is 10.3.